The second-order valence-electron chi connectivity index (χ2n) is 4.73. The summed E-state index contributed by atoms with van der Waals surface area (Å²) in [5.41, 5.74) is 0. The molecule has 0 radical (unpaired) electrons. The van der Waals surface area contributed by atoms with Crippen LogP contribution in [0.1, 0.15) is 51.4 Å². The first kappa shape index (κ1) is 15.0. The Labute approximate surface area is 108 Å². The summed E-state index contributed by atoms with van der Waals surface area (Å²) < 4.78 is 5.55. The minimum Gasteiger partial charge on any atom is -0.481 e. The first-order valence-electron chi connectivity index (χ1n) is 6.78. The molecule has 1 heterocycles. The number of carbonyl (C=O) groups excluding carboxylic acids is 1. The van der Waals surface area contributed by atoms with Crippen LogP contribution in [0.2, 0.25) is 0 Å². The maximum Gasteiger partial charge on any atom is 0.303 e. The molecule has 0 aromatic heterocycles. The zero-order valence-corrected chi connectivity index (χ0v) is 10.8. The van der Waals surface area contributed by atoms with Gasteiger partial charge in [0.2, 0.25) is 5.91 Å². The molecule has 1 rings (SSSR count). The van der Waals surface area contributed by atoms with Gasteiger partial charge in [-0.25, -0.2) is 0 Å². The van der Waals surface area contributed by atoms with Gasteiger partial charge in [0.25, 0.3) is 0 Å². The molecule has 5 nitrogen and oxygen atoms in total. The number of aliphatic carboxylic acids is 1. The van der Waals surface area contributed by atoms with E-state index in [0.717, 1.165) is 32.3 Å². The number of amides is 1. The van der Waals surface area contributed by atoms with Gasteiger partial charge >= 0.3 is 5.97 Å². The van der Waals surface area contributed by atoms with E-state index in [1.54, 1.807) is 0 Å². The van der Waals surface area contributed by atoms with Gasteiger partial charge in [0.1, 0.15) is 0 Å². The third kappa shape index (κ3) is 7.27. The molecule has 1 unspecified atom stereocenters. The van der Waals surface area contributed by atoms with Crippen LogP contribution in [0.3, 0.4) is 0 Å². The summed E-state index contributed by atoms with van der Waals surface area (Å²) in [5.74, 6) is -0.740. The predicted molar refractivity (Wildman–Crippen MR) is 67.3 cm³/mol. The second-order valence-corrected chi connectivity index (χ2v) is 4.73. The number of carbonyl (C=O) groups is 2. The molecule has 1 atom stereocenters. The van der Waals surface area contributed by atoms with Crippen LogP contribution in [-0.2, 0) is 14.3 Å². The van der Waals surface area contributed by atoms with Gasteiger partial charge in [0.15, 0.2) is 0 Å². The lowest BCUT2D eigenvalue weighted by Gasteiger charge is -2.22. The molecule has 1 aliphatic heterocycles. The lowest BCUT2D eigenvalue weighted by Crippen LogP contribution is -2.27. The van der Waals surface area contributed by atoms with Gasteiger partial charge in [-0.15, -0.1) is 0 Å². The third-order valence-corrected chi connectivity index (χ3v) is 3.11. The molecule has 104 valence electrons. The van der Waals surface area contributed by atoms with E-state index in [2.05, 4.69) is 5.32 Å². The Morgan fingerprint density at radius 1 is 1.22 bits per heavy atom. The minimum absolute atomic E-state index is 0.0412. The topological polar surface area (TPSA) is 75.6 Å². The monoisotopic (exact) mass is 257 g/mol. The highest BCUT2D eigenvalue weighted by atomic mass is 16.5. The molecule has 1 amide bonds. The molecule has 2 N–H and O–H groups in total. The minimum atomic E-state index is -0.782. The molecule has 1 aliphatic rings. The van der Waals surface area contributed by atoms with Crippen molar-refractivity contribution in [3.63, 3.8) is 0 Å². The van der Waals surface area contributed by atoms with Crippen molar-refractivity contribution in [3.05, 3.63) is 0 Å². The van der Waals surface area contributed by atoms with Crippen LogP contribution >= 0.6 is 0 Å². The Morgan fingerprint density at radius 2 is 2.06 bits per heavy atom. The van der Waals surface area contributed by atoms with Crippen LogP contribution in [-0.4, -0.2) is 36.2 Å². The van der Waals surface area contributed by atoms with Gasteiger partial charge in [0, 0.05) is 26.0 Å². The first-order valence-corrected chi connectivity index (χ1v) is 6.78. The molecule has 0 saturated carbocycles. The van der Waals surface area contributed by atoms with Crippen molar-refractivity contribution < 1.29 is 19.4 Å². The molecule has 0 spiro atoms. The molecule has 0 aromatic rings. The number of ether oxygens (including phenoxy) is 1. The lowest BCUT2D eigenvalue weighted by molar-refractivity contribution is -0.137. The number of rotatable bonds is 8. The van der Waals surface area contributed by atoms with Crippen molar-refractivity contribution in [1.82, 2.24) is 5.32 Å². The van der Waals surface area contributed by atoms with E-state index >= 15 is 0 Å². The molecule has 1 fully saturated rings. The standard InChI is InChI=1S/C13H23NO4/c15-12(14-9-3-1-6-13(16)17)8-7-11-5-2-4-10-18-11/h11H,1-10H2,(H,14,15)(H,16,17). The van der Waals surface area contributed by atoms with Gasteiger partial charge in [-0.05, 0) is 38.5 Å². The van der Waals surface area contributed by atoms with E-state index < -0.39 is 5.97 Å². The predicted octanol–water partition coefficient (Wildman–Crippen LogP) is 1.71. The Morgan fingerprint density at radius 3 is 2.72 bits per heavy atom. The van der Waals surface area contributed by atoms with Crippen LogP contribution < -0.4 is 5.32 Å². The Hall–Kier alpha value is -1.10. The van der Waals surface area contributed by atoms with Crippen LogP contribution in [0.4, 0.5) is 0 Å². The van der Waals surface area contributed by atoms with Crippen LogP contribution in [0.25, 0.3) is 0 Å². The van der Waals surface area contributed by atoms with Gasteiger partial charge < -0.3 is 15.2 Å². The van der Waals surface area contributed by atoms with E-state index in [1.807, 2.05) is 0 Å². The summed E-state index contributed by atoms with van der Waals surface area (Å²) in [5, 5.41) is 11.3. The van der Waals surface area contributed by atoms with Crippen molar-refractivity contribution in [2.24, 2.45) is 0 Å². The zero-order valence-electron chi connectivity index (χ0n) is 10.8. The quantitative estimate of drug-likeness (QED) is 0.649. The van der Waals surface area contributed by atoms with Gasteiger partial charge in [0.05, 0.1) is 6.10 Å². The Bertz CT molecular complexity index is 262. The Balaban J connectivity index is 1.94. The normalized spacial score (nSPS) is 19.4. The highest BCUT2D eigenvalue weighted by molar-refractivity contribution is 5.75. The zero-order chi connectivity index (χ0) is 13.2. The van der Waals surface area contributed by atoms with Crippen LogP contribution in [0, 0.1) is 0 Å². The number of nitrogens with one attached hydrogen (secondary N) is 1. The summed E-state index contributed by atoms with van der Waals surface area (Å²) in [6, 6.07) is 0. The van der Waals surface area contributed by atoms with E-state index in [-0.39, 0.29) is 18.4 Å². The van der Waals surface area contributed by atoms with Gasteiger partial charge in [-0.3, -0.25) is 9.59 Å². The summed E-state index contributed by atoms with van der Waals surface area (Å²) in [6.45, 7) is 1.39. The fourth-order valence-electron chi connectivity index (χ4n) is 2.04. The van der Waals surface area contributed by atoms with E-state index in [4.69, 9.17) is 9.84 Å². The molecular weight excluding hydrogens is 234 g/mol. The van der Waals surface area contributed by atoms with Crippen molar-refractivity contribution in [2.75, 3.05) is 13.2 Å². The summed E-state index contributed by atoms with van der Waals surface area (Å²) in [4.78, 5) is 21.8. The van der Waals surface area contributed by atoms with Crippen molar-refractivity contribution in [3.8, 4) is 0 Å². The summed E-state index contributed by atoms with van der Waals surface area (Å²) in [7, 11) is 0. The smallest absolute Gasteiger partial charge is 0.303 e. The number of carboxylic acid groups (broad SMARTS) is 1. The molecule has 5 heteroatoms. The van der Waals surface area contributed by atoms with Crippen molar-refractivity contribution >= 4 is 11.9 Å². The Kier molecular flexibility index (Phi) is 7.41. The molecule has 1 saturated heterocycles. The maximum atomic E-state index is 11.5. The number of hydrogen-bond acceptors (Lipinski definition) is 3. The number of carboxylic acids is 1. The van der Waals surface area contributed by atoms with E-state index in [1.165, 1.54) is 6.42 Å². The second kappa shape index (κ2) is 8.91. The average Bonchev–Trinajstić information content (AvgIpc) is 2.37. The fourth-order valence-corrected chi connectivity index (χ4v) is 2.04. The fraction of sp³-hybridized carbons (Fsp3) is 0.846. The molecule has 0 aliphatic carbocycles. The lowest BCUT2D eigenvalue weighted by atomic mass is 10.0. The maximum absolute atomic E-state index is 11.5. The summed E-state index contributed by atoms with van der Waals surface area (Å²) in [6.07, 6.45) is 6.44. The van der Waals surface area contributed by atoms with Crippen LogP contribution in [0.15, 0.2) is 0 Å². The van der Waals surface area contributed by atoms with Gasteiger partial charge in [-0.2, -0.15) is 0 Å². The number of hydrogen-bond donors (Lipinski definition) is 2. The SMILES string of the molecule is O=C(O)CCCCNC(=O)CCC1CCCCO1. The van der Waals surface area contributed by atoms with E-state index in [9.17, 15) is 9.59 Å². The molecule has 0 bridgehead atoms. The third-order valence-electron chi connectivity index (χ3n) is 3.11. The largest absolute Gasteiger partial charge is 0.481 e. The molecule has 18 heavy (non-hydrogen) atoms. The average molecular weight is 257 g/mol. The van der Waals surface area contributed by atoms with Crippen LogP contribution in [0.5, 0.6) is 0 Å². The number of unbranched alkanes of at least 4 members (excludes halogenated alkanes) is 1. The first-order chi connectivity index (χ1) is 8.68. The highest BCUT2D eigenvalue weighted by Gasteiger charge is 2.14. The van der Waals surface area contributed by atoms with Gasteiger partial charge in [-0.1, -0.05) is 0 Å². The molecule has 0 aromatic carbocycles. The summed E-state index contributed by atoms with van der Waals surface area (Å²) >= 11 is 0. The molecular formula is C13H23NO4. The van der Waals surface area contributed by atoms with Crippen molar-refractivity contribution in [1.29, 1.82) is 0 Å². The van der Waals surface area contributed by atoms with E-state index in [0.29, 0.717) is 19.4 Å². The van der Waals surface area contributed by atoms with Crippen molar-refractivity contribution in [2.45, 2.75) is 57.5 Å². The highest BCUT2D eigenvalue weighted by Crippen LogP contribution is 2.16.